The van der Waals surface area contributed by atoms with E-state index in [1.807, 2.05) is 18.0 Å². The van der Waals surface area contributed by atoms with Crippen molar-refractivity contribution in [1.29, 1.82) is 0 Å². The molecule has 0 amide bonds. The summed E-state index contributed by atoms with van der Waals surface area (Å²) in [6, 6.07) is 2.62. The molecule has 0 aromatic carbocycles. The van der Waals surface area contributed by atoms with Crippen LogP contribution in [0.5, 0.6) is 0 Å². The Morgan fingerprint density at radius 1 is 1.56 bits per heavy atom. The minimum atomic E-state index is 0.307. The zero-order valence-electron chi connectivity index (χ0n) is 10.4. The molecule has 1 aliphatic rings. The maximum Gasteiger partial charge on any atom is 0.108 e. The monoisotopic (exact) mass is 239 g/mol. The lowest BCUT2D eigenvalue weighted by atomic mass is 9.93. The Morgan fingerprint density at radius 3 is 3.12 bits per heavy atom. The third-order valence-corrected chi connectivity index (χ3v) is 4.63. The average molecular weight is 239 g/mol. The normalized spacial score (nSPS) is 20.8. The van der Waals surface area contributed by atoms with E-state index in [9.17, 15) is 0 Å². The van der Waals surface area contributed by atoms with Crippen LogP contribution in [0.4, 0.5) is 0 Å². The predicted molar refractivity (Wildman–Crippen MR) is 70.0 cm³/mol. The van der Waals surface area contributed by atoms with Crippen molar-refractivity contribution in [3.8, 4) is 0 Å². The summed E-state index contributed by atoms with van der Waals surface area (Å²) in [4.78, 5) is 0. The molecule has 0 fully saturated rings. The smallest absolute Gasteiger partial charge is 0.108 e. The Bertz CT molecular complexity index is 345. The van der Waals surface area contributed by atoms with E-state index in [1.54, 1.807) is 0 Å². The van der Waals surface area contributed by atoms with Crippen molar-refractivity contribution in [2.45, 2.75) is 43.9 Å². The summed E-state index contributed by atoms with van der Waals surface area (Å²) >= 11 is 1.91. The third kappa shape index (κ3) is 2.64. The Kier molecular flexibility index (Phi) is 3.65. The highest BCUT2D eigenvalue weighted by Crippen LogP contribution is 2.31. The minimum Gasteiger partial charge on any atom is -0.469 e. The first-order valence-corrected chi connectivity index (χ1v) is 7.20. The Hall–Kier alpha value is -0.410. The first kappa shape index (κ1) is 12.1. The molecule has 1 aromatic heterocycles. The van der Waals surface area contributed by atoms with Crippen molar-refractivity contribution >= 4 is 11.8 Å². The van der Waals surface area contributed by atoms with E-state index >= 15 is 0 Å². The first-order chi connectivity index (χ1) is 7.62. The summed E-state index contributed by atoms with van der Waals surface area (Å²) < 4.78 is 5.81. The SMILES string of the molecule is CSC(C)(C)CNC1CCCc2occc21. The Labute approximate surface area is 102 Å². The molecule has 1 unspecified atom stereocenters. The highest BCUT2D eigenvalue weighted by Gasteiger charge is 2.24. The van der Waals surface area contributed by atoms with Gasteiger partial charge in [0.2, 0.25) is 0 Å². The summed E-state index contributed by atoms with van der Waals surface area (Å²) in [5, 5.41) is 3.67. The lowest BCUT2D eigenvalue weighted by molar-refractivity contribution is 0.402. The molecule has 0 radical (unpaired) electrons. The molecule has 1 heterocycles. The van der Waals surface area contributed by atoms with Gasteiger partial charge >= 0.3 is 0 Å². The molecule has 2 nitrogen and oxygen atoms in total. The standard InChI is InChI=1S/C13H21NOS/c1-13(2,16-3)9-14-11-5-4-6-12-10(11)7-8-15-12/h7-8,11,14H,4-6,9H2,1-3H3. The van der Waals surface area contributed by atoms with Gasteiger partial charge in [0.1, 0.15) is 5.76 Å². The zero-order valence-corrected chi connectivity index (χ0v) is 11.2. The molecule has 0 aliphatic heterocycles. The third-order valence-electron chi connectivity index (χ3n) is 3.38. The van der Waals surface area contributed by atoms with Gasteiger partial charge in [-0.2, -0.15) is 11.8 Å². The fraction of sp³-hybridized carbons (Fsp3) is 0.692. The molecule has 0 spiro atoms. The van der Waals surface area contributed by atoms with E-state index in [2.05, 4.69) is 31.5 Å². The van der Waals surface area contributed by atoms with Crippen molar-refractivity contribution in [1.82, 2.24) is 5.32 Å². The van der Waals surface area contributed by atoms with Gasteiger partial charge in [0, 0.05) is 29.3 Å². The minimum absolute atomic E-state index is 0.307. The molecule has 90 valence electrons. The number of aryl methyl sites for hydroxylation is 1. The molecule has 0 bridgehead atoms. The number of fused-ring (bicyclic) bond motifs is 1. The van der Waals surface area contributed by atoms with Gasteiger partial charge in [-0.25, -0.2) is 0 Å². The number of hydrogen-bond donors (Lipinski definition) is 1. The average Bonchev–Trinajstić information content (AvgIpc) is 2.75. The van der Waals surface area contributed by atoms with Gasteiger partial charge in [-0.1, -0.05) is 0 Å². The zero-order chi connectivity index (χ0) is 11.6. The number of furan rings is 1. The van der Waals surface area contributed by atoms with E-state index in [1.165, 1.54) is 24.2 Å². The van der Waals surface area contributed by atoms with E-state index in [4.69, 9.17) is 4.42 Å². The fourth-order valence-electron chi connectivity index (χ4n) is 2.14. The van der Waals surface area contributed by atoms with Crippen molar-refractivity contribution in [3.05, 3.63) is 23.7 Å². The maximum absolute atomic E-state index is 5.50. The number of thioether (sulfide) groups is 1. The lowest BCUT2D eigenvalue weighted by Crippen LogP contribution is -2.35. The second-order valence-corrected chi connectivity index (χ2v) is 6.60. The largest absolute Gasteiger partial charge is 0.469 e. The van der Waals surface area contributed by atoms with Crippen LogP contribution in [0.3, 0.4) is 0 Å². The highest BCUT2D eigenvalue weighted by molar-refractivity contribution is 7.99. The molecule has 2 rings (SSSR count). The van der Waals surface area contributed by atoms with Crippen LogP contribution in [0.25, 0.3) is 0 Å². The molecule has 1 aromatic rings. The summed E-state index contributed by atoms with van der Waals surface area (Å²) in [7, 11) is 0. The Balaban J connectivity index is 1.98. The van der Waals surface area contributed by atoms with Crippen LogP contribution in [0.2, 0.25) is 0 Å². The quantitative estimate of drug-likeness (QED) is 0.872. The molecule has 0 saturated heterocycles. The molecule has 1 N–H and O–H groups in total. The van der Waals surface area contributed by atoms with Gasteiger partial charge < -0.3 is 9.73 Å². The molecule has 1 aliphatic carbocycles. The molecular weight excluding hydrogens is 218 g/mol. The summed E-state index contributed by atoms with van der Waals surface area (Å²) in [5.41, 5.74) is 1.38. The molecule has 0 saturated carbocycles. The van der Waals surface area contributed by atoms with Crippen LogP contribution in [-0.2, 0) is 6.42 Å². The molecule has 16 heavy (non-hydrogen) atoms. The van der Waals surface area contributed by atoms with Crippen LogP contribution in [0, 0.1) is 0 Å². The van der Waals surface area contributed by atoms with E-state index in [0.717, 1.165) is 13.0 Å². The lowest BCUT2D eigenvalue weighted by Gasteiger charge is -2.28. The van der Waals surface area contributed by atoms with Crippen molar-refractivity contribution in [3.63, 3.8) is 0 Å². The summed E-state index contributed by atoms with van der Waals surface area (Å²) in [5.74, 6) is 1.19. The van der Waals surface area contributed by atoms with Crippen molar-refractivity contribution in [2.24, 2.45) is 0 Å². The Morgan fingerprint density at radius 2 is 2.38 bits per heavy atom. The van der Waals surface area contributed by atoms with Gasteiger partial charge in [0.25, 0.3) is 0 Å². The first-order valence-electron chi connectivity index (χ1n) is 5.97. The van der Waals surface area contributed by atoms with Crippen LogP contribution in [0.15, 0.2) is 16.7 Å². The van der Waals surface area contributed by atoms with Gasteiger partial charge in [-0.05, 0) is 39.0 Å². The van der Waals surface area contributed by atoms with Gasteiger partial charge in [-0.3, -0.25) is 0 Å². The van der Waals surface area contributed by atoms with Gasteiger partial charge in [0.15, 0.2) is 0 Å². The molecule has 1 atom stereocenters. The van der Waals surface area contributed by atoms with E-state index < -0.39 is 0 Å². The van der Waals surface area contributed by atoms with Crippen LogP contribution >= 0.6 is 11.8 Å². The summed E-state index contributed by atoms with van der Waals surface area (Å²) in [6.45, 7) is 5.61. The number of hydrogen-bond acceptors (Lipinski definition) is 3. The van der Waals surface area contributed by atoms with Crippen LogP contribution in [0.1, 0.15) is 44.1 Å². The number of nitrogens with one attached hydrogen (secondary N) is 1. The van der Waals surface area contributed by atoms with Gasteiger partial charge in [-0.15, -0.1) is 0 Å². The number of rotatable bonds is 4. The van der Waals surface area contributed by atoms with Crippen molar-refractivity contribution in [2.75, 3.05) is 12.8 Å². The molecular formula is C13H21NOS. The van der Waals surface area contributed by atoms with Crippen LogP contribution < -0.4 is 5.32 Å². The highest BCUT2D eigenvalue weighted by atomic mass is 32.2. The maximum atomic E-state index is 5.50. The topological polar surface area (TPSA) is 25.2 Å². The second kappa shape index (κ2) is 4.84. The second-order valence-electron chi connectivity index (χ2n) is 5.09. The van der Waals surface area contributed by atoms with E-state index in [-0.39, 0.29) is 0 Å². The van der Waals surface area contributed by atoms with Crippen molar-refractivity contribution < 1.29 is 4.42 Å². The van der Waals surface area contributed by atoms with E-state index in [0.29, 0.717) is 10.8 Å². The van der Waals surface area contributed by atoms with Gasteiger partial charge in [0.05, 0.1) is 6.26 Å². The fourth-order valence-corrected chi connectivity index (χ4v) is 2.37. The molecule has 3 heteroatoms. The summed E-state index contributed by atoms with van der Waals surface area (Å²) in [6.07, 6.45) is 7.57. The van der Waals surface area contributed by atoms with Crippen LogP contribution in [-0.4, -0.2) is 17.5 Å². The predicted octanol–water partition coefficient (Wildman–Crippen LogP) is 3.39.